The summed E-state index contributed by atoms with van der Waals surface area (Å²) in [5.41, 5.74) is 13.2. The average molecular weight is 616 g/mol. The monoisotopic (exact) mass is 615 g/mol. The van der Waals surface area contributed by atoms with Crippen molar-refractivity contribution >= 4 is 44.2 Å². The van der Waals surface area contributed by atoms with Crippen molar-refractivity contribution in [2.24, 2.45) is 0 Å². The number of benzene rings is 7. The molecular weight excluding hydrogens is 579 g/mol. The standard InChI is InChI=1S/C47H37N/c1-5-14-32(6-2)33-21-23-36(24-22-33)48(38-26-28-42-41-19-12-13-20-45(41)47(3,4)46(42)31-38)37-25-27-40-39-18-11-10-17-35(39)29-43(44(40)30-37)34-15-8-7-9-16-34/h5-31H,1-2H2,3-4H3/b32-14+. The van der Waals surface area contributed by atoms with Crippen LogP contribution in [-0.2, 0) is 5.41 Å². The van der Waals surface area contributed by atoms with Crippen LogP contribution in [0.5, 0.6) is 0 Å². The third-order valence-electron chi connectivity index (χ3n) is 9.99. The minimum absolute atomic E-state index is 0.103. The first-order valence-corrected chi connectivity index (χ1v) is 16.6. The van der Waals surface area contributed by atoms with E-state index in [1.807, 2.05) is 18.2 Å². The van der Waals surface area contributed by atoms with Crippen molar-refractivity contribution in [3.05, 3.63) is 194 Å². The maximum absolute atomic E-state index is 4.03. The first-order valence-electron chi connectivity index (χ1n) is 16.6. The van der Waals surface area contributed by atoms with Crippen LogP contribution in [0.4, 0.5) is 17.1 Å². The lowest BCUT2D eigenvalue weighted by molar-refractivity contribution is 0.660. The van der Waals surface area contributed by atoms with Gasteiger partial charge in [0.1, 0.15) is 0 Å². The second-order valence-electron chi connectivity index (χ2n) is 13.1. The van der Waals surface area contributed by atoms with Gasteiger partial charge in [-0.15, -0.1) is 0 Å². The Morgan fingerprint density at radius 2 is 1.21 bits per heavy atom. The number of nitrogens with zero attached hydrogens (tertiary/aromatic N) is 1. The Morgan fingerprint density at radius 1 is 0.542 bits per heavy atom. The van der Waals surface area contributed by atoms with E-state index in [0.717, 1.165) is 28.2 Å². The Bertz CT molecular complexity index is 2390. The molecule has 0 aromatic heterocycles. The molecule has 0 heterocycles. The highest BCUT2D eigenvalue weighted by atomic mass is 15.1. The predicted molar refractivity (Wildman–Crippen MR) is 208 cm³/mol. The number of hydrogen-bond acceptors (Lipinski definition) is 1. The topological polar surface area (TPSA) is 3.24 Å². The van der Waals surface area contributed by atoms with Gasteiger partial charge < -0.3 is 4.90 Å². The van der Waals surface area contributed by atoms with Gasteiger partial charge in [0, 0.05) is 22.5 Å². The highest BCUT2D eigenvalue weighted by Gasteiger charge is 2.35. The number of anilines is 3. The van der Waals surface area contributed by atoms with Crippen molar-refractivity contribution in [3.8, 4) is 22.3 Å². The summed E-state index contributed by atoms with van der Waals surface area (Å²) in [5.74, 6) is 0. The molecular formula is C47H37N. The fourth-order valence-electron chi connectivity index (χ4n) is 7.58. The van der Waals surface area contributed by atoms with E-state index in [2.05, 4.69) is 177 Å². The summed E-state index contributed by atoms with van der Waals surface area (Å²) in [4.78, 5) is 2.40. The fraction of sp³-hybridized carbons (Fsp3) is 0.0638. The molecule has 0 fully saturated rings. The van der Waals surface area contributed by atoms with Gasteiger partial charge in [-0.25, -0.2) is 0 Å². The molecule has 7 aromatic rings. The highest BCUT2D eigenvalue weighted by molar-refractivity contribution is 6.14. The van der Waals surface area contributed by atoms with Crippen LogP contribution in [0.2, 0.25) is 0 Å². The Balaban J connectivity index is 1.36. The SMILES string of the molecule is C=C/C=C(\C=C)c1ccc(N(c2ccc3c(c2)C(C)(C)c2ccccc2-3)c2ccc3c(c2)c(-c2ccccc2)cc2ccccc23)cc1. The Morgan fingerprint density at radius 3 is 2.00 bits per heavy atom. The zero-order valence-corrected chi connectivity index (χ0v) is 27.4. The van der Waals surface area contributed by atoms with Crippen LogP contribution in [0.1, 0.15) is 30.5 Å². The fourth-order valence-corrected chi connectivity index (χ4v) is 7.58. The van der Waals surface area contributed by atoms with Gasteiger partial charge in [0.05, 0.1) is 0 Å². The number of fused-ring (bicyclic) bond motifs is 6. The van der Waals surface area contributed by atoms with Gasteiger partial charge in [-0.05, 0) is 109 Å². The summed E-state index contributed by atoms with van der Waals surface area (Å²) in [6.07, 6.45) is 5.69. The Hall–Kier alpha value is -5.92. The molecule has 0 aliphatic heterocycles. The van der Waals surface area contributed by atoms with Crippen molar-refractivity contribution in [3.63, 3.8) is 0 Å². The summed E-state index contributed by atoms with van der Waals surface area (Å²) in [6.45, 7) is 12.6. The highest BCUT2D eigenvalue weighted by Crippen LogP contribution is 2.51. The molecule has 1 nitrogen and oxygen atoms in total. The first-order chi connectivity index (χ1) is 23.5. The molecule has 0 bridgehead atoms. The molecule has 0 N–H and O–H groups in total. The molecule has 8 rings (SSSR count). The van der Waals surface area contributed by atoms with Crippen molar-refractivity contribution in [1.82, 2.24) is 0 Å². The zero-order valence-electron chi connectivity index (χ0n) is 27.4. The van der Waals surface area contributed by atoms with E-state index < -0.39 is 0 Å². The molecule has 1 aliphatic carbocycles. The molecule has 0 spiro atoms. The van der Waals surface area contributed by atoms with E-state index >= 15 is 0 Å². The van der Waals surface area contributed by atoms with Crippen LogP contribution in [0, 0.1) is 0 Å². The summed E-state index contributed by atoms with van der Waals surface area (Å²) in [6, 6.07) is 53.3. The molecule has 48 heavy (non-hydrogen) atoms. The van der Waals surface area contributed by atoms with Crippen molar-refractivity contribution in [1.29, 1.82) is 0 Å². The maximum Gasteiger partial charge on any atom is 0.0468 e. The molecule has 7 aromatic carbocycles. The summed E-state index contributed by atoms with van der Waals surface area (Å²) in [5, 5.41) is 4.99. The molecule has 0 atom stereocenters. The van der Waals surface area contributed by atoms with Gasteiger partial charge in [-0.3, -0.25) is 0 Å². The summed E-state index contributed by atoms with van der Waals surface area (Å²) in [7, 11) is 0. The van der Waals surface area contributed by atoms with E-state index in [1.165, 1.54) is 54.9 Å². The van der Waals surface area contributed by atoms with Crippen LogP contribution in [0.3, 0.4) is 0 Å². The second-order valence-corrected chi connectivity index (χ2v) is 13.1. The largest absolute Gasteiger partial charge is 0.310 e. The Kier molecular flexibility index (Phi) is 7.19. The smallest absolute Gasteiger partial charge is 0.0468 e. The van der Waals surface area contributed by atoms with Gasteiger partial charge in [-0.1, -0.05) is 148 Å². The van der Waals surface area contributed by atoms with Crippen molar-refractivity contribution in [2.45, 2.75) is 19.3 Å². The molecule has 0 unspecified atom stereocenters. The molecule has 0 saturated heterocycles. The zero-order chi connectivity index (χ0) is 32.8. The molecule has 0 saturated carbocycles. The quantitative estimate of drug-likeness (QED) is 0.127. The summed E-state index contributed by atoms with van der Waals surface area (Å²) >= 11 is 0. The molecule has 0 amide bonds. The first kappa shape index (κ1) is 29.5. The van der Waals surface area contributed by atoms with Crippen LogP contribution >= 0.6 is 0 Å². The van der Waals surface area contributed by atoms with Gasteiger partial charge >= 0.3 is 0 Å². The summed E-state index contributed by atoms with van der Waals surface area (Å²) < 4.78 is 0. The third-order valence-corrected chi connectivity index (χ3v) is 9.99. The minimum Gasteiger partial charge on any atom is -0.310 e. The van der Waals surface area contributed by atoms with Gasteiger partial charge in [-0.2, -0.15) is 0 Å². The van der Waals surface area contributed by atoms with Crippen molar-refractivity contribution in [2.75, 3.05) is 4.90 Å². The van der Waals surface area contributed by atoms with E-state index in [4.69, 9.17) is 0 Å². The van der Waals surface area contributed by atoms with Gasteiger partial charge in [0.15, 0.2) is 0 Å². The lowest BCUT2D eigenvalue weighted by Gasteiger charge is -2.29. The van der Waals surface area contributed by atoms with Gasteiger partial charge in [0.25, 0.3) is 0 Å². The second kappa shape index (κ2) is 11.7. The maximum atomic E-state index is 4.03. The van der Waals surface area contributed by atoms with Crippen LogP contribution < -0.4 is 4.90 Å². The Labute approximate surface area is 283 Å². The van der Waals surface area contributed by atoms with Crippen LogP contribution in [-0.4, -0.2) is 0 Å². The number of allylic oxidation sites excluding steroid dienone is 4. The van der Waals surface area contributed by atoms with Crippen LogP contribution in [0.15, 0.2) is 177 Å². The lowest BCUT2D eigenvalue weighted by Crippen LogP contribution is -2.16. The van der Waals surface area contributed by atoms with E-state index in [0.29, 0.717) is 0 Å². The lowest BCUT2D eigenvalue weighted by atomic mass is 9.82. The van der Waals surface area contributed by atoms with E-state index in [9.17, 15) is 0 Å². The average Bonchev–Trinajstić information content (AvgIpc) is 3.36. The third kappa shape index (κ3) is 4.79. The molecule has 230 valence electrons. The van der Waals surface area contributed by atoms with E-state index in [1.54, 1.807) is 0 Å². The molecule has 1 aliphatic rings. The van der Waals surface area contributed by atoms with Gasteiger partial charge in [0.2, 0.25) is 0 Å². The molecule has 1 heteroatoms. The van der Waals surface area contributed by atoms with Crippen LogP contribution in [0.25, 0.3) is 49.4 Å². The van der Waals surface area contributed by atoms with Crippen molar-refractivity contribution < 1.29 is 0 Å². The predicted octanol–water partition coefficient (Wildman–Crippen LogP) is 13.2. The number of hydrogen-bond donors (Lipinski definition) is 0. The minimum atomic E-state index is -0.103. The van der Waals surface area contributed by atoms with E-state index in [-0.39, 0.29) is 5.41 Å². The molecule has 0 radical (unpaired) electrons. The number of rotatable bonds is 7. The normalized spacial score (nSPS) is 13.2.